The topological polar surface area (TPSA) is 236 Å². The summed E-state index contributed by atoms with van der Waals surface area (Å²) in [6, 6.07) is 17.7. The van der Waals surface area contributed by atoms with Gasteiger partial charge in [-0.1, -0.05) is 91.2 Å². The minimum atomic E-state index is -1.44. The first-order chi connectivity index (χ1) is 28.3. The van der Waals surface area contributed by atoms with Gasteiger partial charge in [-0.25, -0.2) is 0 Å². The highest BCUT2D eigenvalue weighted by Gasteiger charge is 2.38. The van der Waals surface area contributed by atoms with E-state index in [4.69, 9.17) is 11.6 Å². The van der Waals surface area contributed by atoms with E-state index in [0.717, 1.165) is 10.9 Å². The summed E-state index contributed by atoms with van der Waals surface area (Å²) < 4.78 is 0. The number of benzene rings is 3. The van der Waals surface area contributed by atoms with Crippen molar-refractivity contribution in [3.63, 3.8) is 0 Å². The number of aromatic nitrogens is 1. The Morgan fingerprint density at radius 2 is 1.20 bits per heavy atom. The minimum absolute atomic E-state index is 0.0243. The lowest BCUT2D eigenvalue weighted by molar-refractivity contribution is -0.149. The summed E-state index contributed by atoms with van der Waals surface area (Å²) in [5.41, 5.74) is 2.76. The van der Waals surface area contributed by atoms with Crippen LogP contribution in [0.1, 0.15) is 55.2 Å². The average Bonchev–Trinajstić information content (AvgIpc) is 3.62. The third kappa shape index (κ3) is 12.4. The molecular weight excluding hydrogens is 780 g/mol. The molecule has 0 saturated heterocycles. The fourth-order valence-corrected chi connectivity index (χ4v) is 7.59. The van der Waals surface area contributed by atoms with E-state index in [9.17, 15) is 43.8 Å². The second-order valence-corrected chi connectivity index (χ2v) is 15.2. The summed E-state index contributed by atoms with van der Waals surface area (Å²) >= 11 is 6.14. The molecule has 0 bridgehead atoms. The number of hydrogen-bond acceptors (Lipinski definition) is 7. The smallest absolute Gasteiger partial charge is 0.307 e. The van der Waals surface area contributed by atoms with Gasteiger partial charge >= 0.3 is 11.9 Å². The minimum Gasteiger partial charge on any atom is -0.481 e. The number of carboxylic acid groups (broad SMARTS) is 2. The molecule has 5 amide bonds. The molecule has 0 aliphatic heterocycles. The third-order valence-electron chi connectivity index (χ3n) is 10.6. The number of likely N-dealkylation sites (N-methyl/N-ethyl adjacent to an activating group) is 1. The average molecular weight is 829 g/mol. The van der Waals surface area contributed by atoms with E-state index in [1.807, 2.05) is 0 Å². The Morgan fingerprint density at radius 3 is 1.76 bits per heavy atom. The van der Waals surface area contributed by atoms with Crippen LogP contribution in [0.2, 0.25) is 5.02 Å². The largest absolute Gasteiger partial charge is 0.481 e. The van der Waals surface area contributed by atoms with Crippen molar-refractivity contribution in [2.24, 2.45) is 11.8 Å². The first-order valence-electron chi connectivity index (χ1n) is 19.5. The van der Waals surface area contributed by atoms with Gasteiger partial charge in [0.05, 0.1) is 11.8 Å². The molecule has 1 aliphatic carbocycles. The lowest BCUT2D eigenvalue weighted by Gasteiger charge is -2.30. The van der Waals surface area contributed by atoms with E-state index in [1.54, 1.807) is 85.1 Å². The van der Waals surface area contributed by atoms with Crippen molar-refractivity contribution in [3.8, 4) is 0 Å². The molecule has 0 radical (unpaired) electrons. The molecule has 59 heavy (non-hydrogen) atoms. The number of hydrogen-bond donors (Lipinski definition) is 8. The summed E-state index contributed by atoms with van der Waals surface area (Å²) in [7, 11) is 1.41. The molecule has 1 fully saturated rings. The summed E-state index contributed by atoms with van der Waals surface area (Å²) in [6.07, 6.45) is 2.87. The quantitative estimate of drug-likeness (QED) is 0.0692. The Hall–Kier alpha value is -6.22. The molecule has 5 rings (SSSR count). The van der Waals surface area contributed by atoms with Crippen LogP contribution in [-0.4, -0.2) is 87.9 Å². The summed E-state index contributed by atoms with van der Waals surface area (Å²) in [5.74, 6) is -7.55. The molecule has 1 aliphatic rings. The zero-order valence-electron chi connectivity index (χ0n) is 32.5. The Morgan fingerprint density at radius 1 is 0.678 bits per heavy atom. The maximum absolute atomic E-state index is 14.2. The van der Waals surface area contributed by atoms with Crippen molar-refractivity contribution in [1.29, 1.82) is 0 Å². The van der Waals surface area contributed by atoms with E-state index in [0.29, 0.717) is 47.4 Å². The highest BCUT2D eigenvalue weighted by molar-refractivity contribution is 6.31. The van der Waals surface area contributed by atoms with Crippen molar-refractivity contribution >= 4 is 64.0 Å². The van der Waals surface area contributed by atoms with Crippen LogP contribution in [0.5, 0.6) is 0 Å². The Kier molecular flexibility index (Phi) is 15.6. The summed E-state index contributed by atoms with van der Waals surface area (Å²) in [5, 5.41) is 34.0. The van der Waals surface area contributed by atoms with E-state index in [1.165, 1.54) is 7.05 Å². The van der Waals surface area contributed by atoms with Gasteiger partial charge in [0.25, 0.3) is 0 Å². The van der Waals surface area contributed by atoms with E-state index in [-0.39, 0.29) is 25.7 Å². The first kappa shape index (κ1) is 43.9. The maximum atomic E-state index is 14.2. The molecule has 3 aromatic carbocycles. The molecular formula is C43H49ClN6O9. The first-order valence-corrected chi connectivity index (χ1v) is 19.9. The molecule has 0 spiro atoms. The molecule has 16 heteroatoms. The van der Waals surface area contributed by atoms with Crippen molar-refractivity contribution in [2.45, 2.75) is 82.0 Å². The number of fused-ring (bicyclic) bond motifs is 1. The van der Waals surface area contributed by atoms with Crippen molar-refractivity contribution in [1.82, 2.24) is 31.6 Å². The van der Waals surface area contributed by atoms with Crippen LogP contribution in [0.3, 0.4) is 0 Å². The maximum Gasteiger partial charge on any atom is 0.307 e. The van der Waals surface area contributed by atoms with Gasteiger partial charge < -0.3 is 41.8 Å². The Bertz CT molecular complexity index is 2130. The normalized spacial score (nSPS) is 17.1. The van der Waals surface area contributed by atoms with Gasteiger partial charge in [0.2, 0.25) is 29.5 Å². The van der Waals surface area contributed by atoms with Gasteiger partial charge in [-0.15, -0.1) is 0 Å². The second-order valence-electron chi connectivity index (χ2n) is 14.7. The van der Waals surface area contributed by atoms with Crippen molar-refractivity contribution in [3.05, 3.63) is 107 Å². The van der Waals surface area contributed by atoms with E-state index in [2.05, 4.69) is 31.6 Å². The molecule has 1 heterocycles. The highest BCUT2D eigenvalue weighted by atomic mass is 35.5. The Balaban J connectivity index is 1.39. The molecule has 8 N–H and O–H groups in total. The van der Waals surface area contributed by atoms with Gasteiger partial charge in [0.1, 0.15) is 24.2 Å². The highest BCUT2D eigenvalue weighted by Crippen LogP contribution is 2.31. The number of aromatic amines is 1. The number of carboxylic acids is 2. The van der Waals surface area contributed by atoms with Gasteiger partial charge in [0.15, 0.2) is 0 Å². The molecule has 6 atom stereocenters. The van der Waals surface area contributed by atoms with E-state index < -0.39 is 83.9 Å². The van der Waals surface area contributed by atoms with Crippen LogP contribution in [-0.2, 0) is 52.8 Å². The van der Waals surface area contributed by atoms with Crippen LogP contribution in [0.4, 0.5) is 0 Å². The predicted octanol–water partition coefficient (Wildman–Crippen LogP) is 3.29. The molecule has 15 nitrogen and oxygen atoms in total. The van der Waals surface area contributed by atoms with E-state index >= 15 is 0 Å². The number of amides is 5. The predicted molar refractivity (Wildman–Crippen MR) is 219 cm³/mol. The number of halogens is 1. The van der Waals surface area contributed by atoms with Crippen LogP contribution < -0.4 is 26.6 Å². The van der Waals surface area contributed by atoms with Gasteiger partial charge in [-0.05, 0) is 48.1 Å². The molecule has 4 aromatic rings. The van der Waals surface area contributed by atoms with Crippen molar-refractivity contribution < 1.29 is 43.8 Å². The zero-order valence-corrected chi connectivity index (χ0v) is 33.3. The van der Waals surface area contributed by atoms with Crippen LogP contribution >= 0.6 is 11.6 Å². The summed E-state index contributed by atoms with van der Waals surface area (Å²) in [6.45, 7) is 0. The number of H-pyrrole nitrogens is 1. The zero-order chi connectivity index (χ0) is 42.5. The van der Waals surface area contributed by atoms with Gasteiger partial charge in [-0.3, -0.25) is 33.6 Å². The SMILES string of the molecule is CNC(=O)[C@H](Cc1c[nH]c2cc(Cl)ccc12)NC(=O)[C@H](CCC(=O)O)NC(=O)[C@H](Cc1ccccc1)NC(=O)[C@H](Cc1ccccc1)NC(=O)[C@H]1CCCC[C@@H]1C(=O)O. The molecule has 0 unspecified atom stereocenters. The van der Waals surface area contributed by atoms with Gasteiger partial charge in [-0.2, -0.15) is 0 Å². The monoisotopic (exact) mass is 828 g/mol. The number of aliphatic carboxylic acids is 2. The fourth-order valence-electron chi connectivity index (χ4n) is 7.42. The number of rotatable bonds is 19. The lowest BCUT2D eigenvalue weighted by atomic mass is 9.78. The Labute approximate surface area is 346 Å². The summed E-state index contributed by atoms with van der Waals surface area (Å²) in [4.78, 5) is 95.9. The standard InChI is InChI=1S/C43H49ClN6O9/c1-45-39(54)36(22-27-24-46-33-23-28(44)16-17-29(27)33)50-40(55)32(18-19-37(51)52)47-41(56)35(21-26-12-6-3-7-13-26)49-42(57)34(20-25-10-4-2-5-11-25)48-38(53)30-14-8-9-15-31(30)43(58)59/h2-7,10-13,16-17,23-24,30-32,34-36,46H,8-9,14-15,18-22H2,1H3,(H,45,54)(H,47,56)(H,48,53)(H,49,57)(H,50,55)(H,51,52)(H,58,59)/t30-,31-,32-,34-,35-,36-/m0/s1. The van der Waals surface area contributed by atoms with Gasteiger partial charge in [0, 0.05) is 54.9 Å². The number of carbonyl (C=O) groups is 7. The lowest BCUT2D eigenvalue weighted by Crippen LogP contribution is -2.59. The third-order valence-corrected chi connectivity index (χ3v) is 10.8. The number of carbonyl (C=O) groups excluding carboxylic acids is 5. The molecule has 1 aromatic heterocycles. The van der Waals surface area contributed by atoms with Crippen LogP contribution in [0.15, 0.2) is 85.1 Å². The fraction of sp³-hybridized carbons (Fsp3) is 0.372. The van der Waals surface area contributed by atoms with Crippen LogP contribution in [0, 0.1) is 11.8 Å². The number of nitrogens with one attached hydrogen (secondary N) is 6. The molecule has 1 saturated carbocycles. The van der Waals surface area contributed by atoms with Crippen molar-refractivity contribution in [2.75, 3.05) is 7.05 Å². The second kappa shape index (κ2) is 21.0. The van der Waals surface area contributed by atoms with Crippen LogP contribution in [0.25, 0.3) is 10.9 Å². The molecule has 312 valence electrons.